The van der Waals surface area contributed by atoms with Crippen LogP contribution in [-0.4, -0.2) is 15.9 Å². The number of nitrogens with zero attached hydrogens (tertiary/aromatic N) is 1. The maximum Gasteiger partial charge on any atom is 0.311 e. The Labute approximate surface area is 110 Å². The van der Waals surface area contributed by atoms with Gasteiger partial charge in [-0.05, 0) is 32.9 Å². The van der Waals surface area contributed by atoms with Crippen LogP contribution >= 0.6 is 0 Å². The number of esters is 1. The molecular formula is C14H16N2O3. The van der Waals surface area contributed by atoms with Crippen molar-refractivity contribution < 1.29 is 9.53 Å². The zero-order valence-electron chi connectivity index (χ0n) is 11.2. The second-order valence-corrected chi connectivity index (χ2v) is 5.36. The number of para-hydroxylation sites is 1. The number of carbonyl (C=O) groups excluding carboxylic acids is 1. The summed E-state index contributed by atoms with van der Waals surface area (Å²) in [6.45, 7) is 5.28. The standard InChI is InChI=1S/C14H16N2O3/c1-14(2,3)13(18)19-8-11-15-10-7-5-4-6-9(10)12(17)16-11/h4-7H,8H2,1-3H3,(H,15,16,17). The number of fused-ring (bicyclic) bond motifs is 1. The summed E-state index contributed by atoms with van der Waals surface area (Å²) < 4.78 is 5.12. The molecule has 0 aliphatic carbocycles. The second-order valence-electron chi connectivity index (χ2n) is 5.36. The summed E-state index contributed by atoms with van der Waals surface area (Å²) in [4.78, 5) is 30.3. The van der Waals surface area contributed by atoms with Crippen molar-refractivity contribution in [1.82, 2.24) is 9.97 Å². The van der Waals surface area contributed by atoms with Crippen molar-refractivity contribution in [3.8, 4) is 0 Å². The molecule has 0 saturated heterocycles. The summed E-state index contributed by atoms with van der Waals surface area (Å²) in [5.74, 6) is 0.0182. The largest absolute Gasteiger partial charge is 0.457 e. The maximum absolute atomic E-state index is 11.8. The third-order valence-corrected chi connectivity index (χ3v) is 2.61. The monoisotopic (exact) mass is 260 g/mol. The van der Waals surface area contributed by atoms with Crippen LogP contribution in [0.25, 0.3) is 10.9 Å². The van der Waals surface area contributed by atoms with Gasteiger partial charge in [-0.15, -0.1) is 0 Å². The lowest BCUT2D eigenvalue weighted by molar-refractivity contribution is -0.154. The number of nitrogens with one attached hydrogen (secondary N) is 1. The molecule has 0 unspecified atom stereocenters. The quantitative estimate of drug-likeness (QED) is 0.838. The fraction of sp³-hybridized carbons (Fsp3) is 0.357. The number of ether oxygens (including phenoxy) is 1. The first-order valence-corrected chi connectivity index (χ1v) is 6.03. The smallest absolute Gasteiger partial charge is 0.311 e. The molecule has 1 N–H and O–H groups in total. The first-order chi connectivity index (χ1) is 8.88. The first kappa shape index (κ1) is 13.3. The van der Waals surface area contributed by atoms with Crippen molar-refractivity contribution >= 4 is 16.9 Å². The van der Waals surface area contributed by atoms with Crippen LogP contribution in [0.15, 0.2) is 29.1 Å². The summed E-state index contributed by atoms with van der Waals surface area (Å²) in [5, 5.41) is 0.522. The van der Waals surface area contributed by atoms with Crippen LogP contribution < -0.4 is 5.56 Å². The van der Waals surface area contributed by atoms with Gasteiger partial charge in [0.25, 0.3) is 5.56 Å². The highest BCUT2D eigenvalue weighted by Gasteiger charge is 2.23. The molecule has 5 nitrogen and oxygen atoms in total. The van der Waals surface area contributed by atoms with E-state index in [2.05, 4.69) is 9.97 Å². The van der Waals surface area contributed by atoms with Gasteiger partial charge in [0.1, 0.15) is 12.4 Å². The highest BCUT2D eigenvalue weighted by Crippen LogP contribution is 2.16. The summed E-state index contributed by atoms with van der Waals surface area (Å²) in [6.07, 6.45) is 0. The lowest BCUT2D eigenvalue weighted by atomic mass is 9.97. The minimum atomic E-state index is -0.572. The van der Waals surface area contributed by atoms with Crippen LogP contribution in [0.4, 0.5) is 0 Å². The highest BCUT2D eigenvalue weighted by molar-refractivity contribution is 5.77. The predicted octanol–water partition coefficient (Wildman–Crippen LogP) is 2.01. The van der Waals surface area contributed by atoms with Gasteiger partial charge in [0, 0.05) is 0 Å². The highest BCUT2D eigenvalue weighted by atomic mass is 16.5. The summed E-state index contributed by atoms with van der Waals surface area (Å²) in [7, 11) is 0. The molecule has 1 aromatic carbocycles. The van der Waals surface area contributed by atoms with E-state index >= 15 is 0 Å². The molecule has 0 fully saturated rings. The first-order valence-electron chi connectivity index (χ1n) is 6.03. The molecule has 19 heavy (non-hydrogen) atoms. The maximum atomic E-state index is 11.8. The molecule has 5 heteroatoms. The van der Waals surface area contributed by atoms with E-state index < -0.39 is 5.41 Å². The number of H-pyrrole nitrogens is 1. The molecule has 0 radical (unpaired) electrons. The van der Waals surface area contributed by atoms with Gasteiger partial charge in [-0.3, -0.25) is 9.59 Å². The van der Waals surface area contributed by atoms with E-state index in [9.17, 15) is 9.59 Å². The SMILES string of the molecule is CC(C)(C)C(=O)OCc1nc2ccccc2c(=O)[nH]1. The van der Waals surface area contributed by atoms with Crippen molar-refractivity contribution in [1.29, 1.82) is 0 Å². The molecule has 0 saturated carbocycles. The second kappa shape index (κ2) is 4.84. The molecular weight excluding hydrogens is 244 g/mol. The van der Waals surface area contributed by atoms with E-state index in [4.69, 9.17) is 4.74 Å². The Morgan fingerprint density at radius 2 is 2.00 bits per heavy atom. The van der Waals surface area contributed by atoms with Crippen LogP contribution in [0.2, 0.25) is 0 Å². The third-order valence-electron chi connectivity index (χ3n) is 2.61. The van der Waals surface area contributed by atoms with Gasteiger partial charge in [-0.25, -0.2) is 4.98 Å². The summed E-state index contributed by atoms with van der Waals surface area (Å²) in [6, 6.07) is 7.03. The Balaban J connectivity index is 2.23. The van der Waals surface area contributed by atoms with Gasteiger partial charge in [0.15, 0.2) is 0 Å². The number of hydrogen-bond donors (Lipinski definition) is 1. The van der Waals surface area contributed by atoms with Gasteiger partial charge in [-0.2, -0.15) is 0 Å². The number of carbonyl (C=O) groups is 1. The van der Waals surface area contributed by atoms with Gasteiger partial charge in [0.05, 0.1) is 16.3 Å². The van der Waals surface area contributed by atoms with Gasteiger partial charge in [-0.1, -0.05) is 12.1 Å². The molecule has 2 rings (SSSR count). The van der Waals surface area contributed by atoms with Crippen molar-refractivity contribution in [2.75, 3.05) is 0 Å². The molecule has 2 aromatic rings. The molecule has 100 valence electrons. The van der Waals surface area contributed by atoms with Crippen molar-refractivity contribution in [2.45, 2.75) is 27.4 Å². The molecule has 1 heterocycles. The van der Waals surface area contributed by atoms with Crippen molar-refractivity contribution in [3.05, 3.63) is 40.4 Å². The van der Waals surface area contributed by atoms with Crippen molar-refractivity contribution in [3.63, 3.8) is 0 Å². The Kier molecular flexibility index (Phi) is 3.38. The average molecular weight is 260 g/mol. The Hall–Kier alpha value is -2.17. The molecule has 0 bridgehead atoms. The average Bonchev–Trinajstić information content (AvgIpc) is 2.35. The van der Waals surface area contributed by atoms with Crippen LogP contribution in [0, 0.1) is 5.41 Å². The lowest BCUT2D eigenvalue weighted by Gasteiger charge is -2.16. The molecule has 0 atom stereocenters. The van der Waals surface area contributed by atoms with Gasteiger partial charge in [0.2, 0.25) is 0 Å². The summed E-state index contributed by atoms with van der Waals surface area (Å²) in [5.41, 5.74) is -0.211. The molecule has 1 aromatic heterocycles. The van der Waals surface area contributed by atoms with E-state index in [0.29, 0.717) is 16.7 Å². The lowest BCUT2D eigenvalue weighted by Crippen LogP contribution is -2.23. The van der Waals surface area contributed by atoms with Gasteiger partial charge < -0.3 is 9.72 Å². The summed E-state index contributed by atoms with van der Waals surface area (Å²) >= 11 is 0. The van der Waals surface area contributed by atoms with E-state index in [-0.39, 0.29) is 18.1 Å². The number of hydrogen-bond acceptors (Lipinski definition) is 4. The number of aromatic amines is 1. The minimum absolute atomic E-state index is 0.0316. The molecule has 0 aliphatic rings. The Morgan fingerprint density at radius 1 is 1.32 bits per heavy atom. The topological polar surface area (TPSA) is 72.0 Å². The van der Waals surface area contributed by atoms with Crippen LogP contribution in [-0.2, 0) is 16.1 Å². The van der Waals surface area contributed by atoms with Crippen LogP contribution in [0.1, 0.15) is 26.6 Å². The zero-order chi connectivity index (χ0) is 14.0. The third kappa shape index (κ3) is 2.99. The van der Waals surface area contributed by atoms with Crippen LogP contribution in [0.5, 0.6) is 0 Å². The molecule has 0 aliphatic heterocycles. The Morgan fingerprint density at radius 3 is 2.68 bits per heavy atom. The number of rotatable bonds is 2. The number of benzene rings is 1. The minimum Gasteiger partial charge on any atom is -0.457 e. The fourth-order valence-corrected chi connectivity index (χ4v) is 1.55. The zero-order valence-corrected chi connectivity index (χ0v) is 11.2. The fourth-order valence-electron chi connectivity index (χ4n) is 1.55. The Bertz CT molecular complexity index is 668. The van der Waals surface area contributed by atoms with E-state index in [0.717, 1.165) is 0 Å². The van der Waals surface area contributed by atoms with E-state index in [1.807, 2.05) is 0 Å². The van der Waals surface area contributed by atoms with Gasteiger partial charge >= 0.3 is 5.97 Å². The normalized spacial score (nSPS) is 11.5. The van der Waals surface area contributed by atoms with E-state index in [1.54, 1.807) is 45.0 Å². The molecule has 0 spiro atoms. The van der Waals surface area contributed by atoms with E-state index in [1.165, 1.54) is 0 Å². The molecule has 0 amide bonds. The number of aromatic nitrogens is 2. The predicted molar refractivity (Wildman–Crippen MR) is 71.6 cm³/mol. The van der Waals surface area contributed by atoms with Crippen LogP contribution in [0.3, 0.4) is 0 Å². The van der Waals surface area contributed by atoms with Crippen molar-refractivity contribution in [2.24, 2.45) is 5.41 Å².